The number of nitrogens with zero attached hydrogens (tertiary/aromatic N) is 2. The van der Waals surface area contributed by atoms with E-state index in [-0.39, 0.29) is 5.91 Å². The van der Waals surface area contributed by atoms with E-state index in [9.17, 15) is 4.79 Å². The molecule has 4 rings (SSSR count). The van der Waals surface area contributed by atoms with E-state index in [1.165, 1.54) is 16.7 Å². The molecule has 1 amide bonds. The number of aliphatic imine (C=N–C) groups is 1. The van der Waals surface area contributed by atoms with Gasteiger partial charge in [0.2, 0.25) is 0 Å². The quantitative estimate of drug-likeness (QED) is 0.836. The van der Waals surface area contributed by atoms with Crippen molar-refractivity contribution in [2.24, 2.45) is 4.99 Å². The molecule has 0 atom stereocenters. The van der Waals surface area contributed by atoms with Crippen LogP contribution in [0.15, 0.2) is 58.3 Å². The molecule has 3 nitrogen and oxygen atoms in total. The number of hydrogen-bond acceptors (Lipinski definition) is 2. The SMILES string of the molecule is Cc1cccc(CN(C(=O)C2=C3C=NC=C3C=C2)C2CC2)c1C. The average molecular weight is 304 g/mol. The highest BCUT2D eigenvalue weighted by molar-refractivity contribution is 6.08. The third-order valence-corrected chi connectivity index (χ3v) is 4.98. The summed E-state index contributed by atoms with van der Waals surface area (Å²) in [5, 5.41) is 0. The van der Waals surface area contributed by atoms with Gasteiger partial charge in [-0.25, -0.2) is 0 Å². The molecule has 1 fully saturated rings. The molecule has 1 saturated carbocycles. The number of hydrogen-bond donors (Lipinski definition) is 0. The van der Waals surface area contributed by atoms with E-state index in [1.807, 2.05) is 23.3 Å². The van der Waals surface area contributed by atoms with E-state index in [0.717, 1.165) is 29.6 Å². The van der Waals surface area contributed by atoms with E-state index in [1.54, 1.807) is 6.21 Å². The Bertz CT molecular complexity index is 807. The Morgan fingerprint density at radius 2 is 2.09 bits per heavy atom. The molecule has 3 aliphatic rings. The second-order valence-electron chi connectivity index (χ2n) is 6.55. The molecule has 1 aromatic carbocycles. The first-order valence-corrected chi connectivity index (χ1v) is 8.17. The first-order valence-electron chi connectivity index (χ1n) is 8.17. The van der Waals surface area contributed by atoms with Crippen molar-refractivity contribution in [1.29, 1.82) is 0 Å². The Morgan fingerprint density at radius 3 is 2.87 bits per heavy atom. The van der Waals surface area contributed by atoms with Gasteiger partial charge in [-0.2, -0.15) is 0 Å². The largest absolute Gasteiger partial charge is 0.331 e. The molecule has 0 bridgehead atoms. The van der Waals surface area contributed by atoms with Crippen LogP contribution in [0.3, 0.4) is 0 Å². The van der Waals surface area contributed by atoms with Crippen LogP contribution in [0.1, 0.15) is 29.5 Å². The molecule has 23 heavy (non-hydrogen) atoms. The predicted octanol–water partition coefficient (Wildman–Crippen LogP) is 3.63. The molecule has 1 aliphatic heterocycles. The van der Waals surface area contributed by atoms with Gasteiger partial charge in [0.05, 0.1) is 0 Å². The minimum Gasteiger partial charge on any atom is -0.331 e. The summed E-state index contributed by atoms with van der Waals surface area (Å²) in [4.78, 5) is 19.3. The normalized spacial score (nSPS) is 18.4. The highest BCUT2D eigenvalue weighted by Gasteiger charge is 2.35. The summed E-state index contributed by atoms with van der Waals surface area (Å²) in [6.07, 6.45) is 9.76. The first-order chi connectivity index (χ1) is 11.1. The van der Waals surface area contributed by atoms with E-state index in [0.29, 0.717) is 12.6 Å². The van der Waals surface area contributed by atoms with Gasteiger partial charge in [0.15, 0.2) is 0 Å². The molecule has 0 aromatic heterocycles. The number of fused-ring (bicyclic) bond motifs is 1. The lowest BCUT2D eigenvalue weighted by Crippen LogP contribution is -2.34. The summed E-state index contributed by atoms with van der Waals surface area (Å²) in [5.74, 6) is 0.136. The van der Waals surface area contributed by atoms with Crippen molar-refractivity contribution in [3.05, 3.63) is 70.0 Å². The molecule has 116 valence electrons. The number of amides is 1. The van der Waals surface area contributed by atoms with Crippen LogP contribution in [0.4, 0.5) is 0 Å². The smallest absolute Gasteiger partial charge is 0.255 e. The second-order valence-corrected chi connectivity index (χ2v) is 6.55. The molecule has 1 heterocycles. The third-order valence-electron chi connectivity index (χ3n) is 4.98. The van der Waals surface area contributed by atoms with Gasteiger partial charge < -0.3 is 4.90 Å². The van der Waals surface area contributed by atoms with Gasteiger partial charge >= 0.3 is 0 Å². The van der Waals surface area contributed by atoms with Crippen molar-refractivity contribution < 1.29 is 4.79 Å². The zero-order chi connectivity index (χ0) is 16.0. The van der Waals surface area contributed by atoms with Crippen molar-refractivity contribution >= 4 is 12.1 Å². The molecule has 1 aromatic rings. The van der Waals surface area contributed by atoms with Crippen molar-refractivity contribution in [2.45, 2.75) is 39.3 Å². The van der Waals surface area contributed by atoms with Gasteiger partial charge in [-0.3, -0.25) is 9.79 Å². The summed E-state index contributed by atoms with van der Waals surface area (Å²) < 4.78 is 0. The lowest BCUT2D eigenvalue weighted by atomic mass is 10.0. The Morgan fingerprint density at radius 1 is 1.26 bits per heavy atom. The average Bonchev–Trinajstić information content (AvgIpc) is 3.13. The van der Waals surface area contributed by atoms with Crippen molar-refractivity contribution in [3.63, 3.8) is 0 Å². The topological polar surface area (TPSA) is 32.7 Å². The van der Waals surface area contributed by atoms with Gasteiger partial charge in [0.1, 0.15) is 0 Å². The van der Waals surface area contributed by atoms with Gasteiger partial charge in [-0.15, -0.1) is 0 Å². The Labute approximate surface area is 136 Å². The zero-order valence-electron chi connectivity index (χ0n) is 13.5. The van der Waals surface area contributed by atoms with E-state index in [4.69, 9.17) is 0 Å². The molecule has 0 unspecified atom stereocenters. The first kappa shape index (κ1) is 14.2. The molecule has 0 saturated heterocycles. The zero-order valence-corrected chi connectivity index (χ0v) is 13.5. The summed E-state index contributed by atoms with van der Waals surface area (Å²) in [6.45, 7) is 4.96. The van der Waals surface area contributed by atoms with Crippen LogP contribution < -0.4 is 0 Å². The van der Waals surface area contributed by atoms with Crippen LogP contribution in [0.2, 0.25) is 0 Å². The maximum atomic E-state index is 13.1. The Balaban J connectivity index is 1.64. The number of benzene rings is 1. The van der Waals surface area contributed by atoms with Crippen molar-refractivity contribution in [3.8, 4) is 0 Å². The Kier molecular flexibility index (Phi) is 3.29. The molecular weight excluding hydrogens is 284 g/mol. The monoisotopic (exact) mass is 304 g/mol. The summed E-state index contributed by atoms with van der Waals surface area (Å²) in [6, 6.07) is 6.72. The number of carbonyl (C=O) groups is 1. The minimum atomic E-state index is 0.136. The van der Waals surface area contributed by atoms with Gasteiger partial charge in [0.25, 0.3) is 5.91 Å². The number of carbonyl (C=O) groups excluding carboxylic acids is 1. The van der Waals surface area contributed by atoms with Crippen molar-refractivity contribution in [2.75, 3.05) is 0 Å². The highest BCUT2D eigenvalue weighted by Crippen LogP contribution is 2.34. The highest BCUT2D eigenvalue weighted by atomic mass is 16.2. The summed E-state index contributed by atoms with van der Waals surface area (Å²) in [7, 11) is 0. The standard InChI is InChI=1S/C20H20N2O/c1-13-4-3-5-16(14(13)2)12-22(17-7-8-17)20(23)18-9-6-15-10-21-11-19(15)18/h3-6,9-11,17H,7-8,12H2,1-2H3. The molecule has 2 aliphatic carbocycles. The van der Waals surface area contributed by atoms with Crippen LogP contribution in [0.25, 0.3) is 0 Å². The molecule has 0 spiro atoms. The molecular formula is C20H20N2O. The van der Waals surface area contributed by atoms with Crippen LogP contribution in [-0.2, 0) is 11.3 Å². The molecule has 0 radical (unpaired) electrons. The van der Waals surface area contributed by atoms with Gasteiger partial charge in [-0.1, -0.05) is 24.3 Å². The fourth-order valence-electron chi connectivity index (χ4n) is 3.22. The number of aryl methyl sites for hydroxylation is 1. The molecule has 0 N–H and O–H groups in total. The minimum absolute atomic E-state index is 0.136. The van der Waals surface area contributed by atoms with Crippen LogP contribution in [-0.4, -0.2) is 23.1 Å². The van der Waals surface area contributed by atoms with Crippen molar-refractivity contribution in [1.82, 2.24) is 4.90 Å². The van der Waals surface area contributed by atoms with Crippen LogP contribution >= 0.6 is 0 Å². The van der Waals surface area contributed by atoms with Gasteiger partial charge in [0, 0.05) is 41.7 Å². The number of allylic oxidation sites excluding steroid dienone is 3. The van der Waals surface area contributed by atoms with E-state index >= 15 is 0 Å². The predicted molar refractivity (Wildman–Crippen MR) is 92.2 cm³/mol. The molecule has 3 heteroatoms. The maximum Gasteiger partial charge on any atom is 0.255 e. The lowest BCUT2D eigenvalue weighted by molar-refractivity contribution is -0.128. The lowest BCUT2D eigenvalue weighted by Gasteiger charge is -2.24. The fraction of sp³-hybridized carbons (Fsp3) is 0.300. The summed E-state index contributed by atoms with van der Waals surface area (Å²) in [5.41, 5.74) is 6.62. The second kappa shape index (κ2) is 5.34. The van der Waals surface area contributed by atoms with E-state index < -0.39 is 0 Å². The third kappa shape index (κ3) is 2.46. The van der Waals surface area contributed by atoms with Crippen LogP contribution in [0.5, 0.6) is 0 Å². The van der Waals surface area contributed by atoms with Gasteiger partial charge in [-0.05, 0) is 49.5 Å². The van der Waals surface area contributed by atoms with E-state index in [2.05, 4.69) is 37.0 Å². The number of rotatable bonds is 4. The summed E-state index contributed by atoms with van der Waals surface area (Å²) >= 11 is 0. The Hall–Kier alpha value is -2.42. The maximum absolute atomic E-state index is 13.1. The van der Waals surface area contributed by atoms with Crippen LogP contribution in [0, 0.1) is 13.8 Å². The fourth-order valence-corrected chi connectivity index (χ4v) is 3.22.